The van der Waals surface area contributed by atoms with Crippen molar-refractivity contribution in [2.75, 3.05) is 5.75 Å². The number of hydrogen-bond acceptors (Lipinski definition) is 2. The lowest BCUT2D eigenvalue weighted by molar-refractivity contribution is 0.510. The van der Waals surface area contributed by atoms with Crippen molar-refractivity contribution in [3.8, 4) is 0 Å². The maximum atomic E-state index is 10.8. The van der Waals surface area contributed by atoms with E-state index in [0.29, 0.717) is 5.92 Å². The summed E-state index contributed by atoms with van der Waals surface area (Å²) < 4.78 is 21.7. The van der Waals surface area contributed by atoms with Gasteiger partial charge in [-0.05, 0) is 31.6 Å². The zero-order chi connectivity index (χ0) is 9.90. The third-order valence-corrected chi connectivity index (χ3v) is 3.21. The van der Waals surface area contributed by atoms with Crippen LogP contribution in [0.25, 0.3) is 0 Å². The number of primary sulfonamides is 1. The van der Waals surface area contributed by atoms with Gasteiger partial charge in [0.1, 0.15) is 0 Å². The van der Waals surface area contributed by atoms with E-state index in [1.165, 1.54) is 0 Å². The number of allylic oxidation sites excluding steroid dienone is 1. The van der Waals surface area contributed by atoms with Crippen LogP contribution in [-0.2, 0) is 10.0 Å². The summed E-state index contributed by atoms with van der Waals surface area (Å²) >= 11 is 0. The van der Waals surface area contributed by atoms with Gasteiger partial charge in [0.15, 0.2) is 0 Å². The molecule has 0 aromatic carbocycles. The minimum atomic E-state index is -3.33. The second-order valence-electron chi connectivity index (χ2n) is 3.89. The molecular formula is C9H17NO2S. The summed E-state index contributed by atoms with van der Waals surface area (Å²) in [6.07, 6.45) is 6.16. The maximum absolute atomic E-state index is 10.8. The standard InChI is InChI=1S/C9H17NO2S/c1-8-3-2-4-9(6-5-8)7-13(10,11)12/h4,8H,2-3,5-7H2,1H3,(H2,10,11,12). The first-order chi connectivity index (χ1) is 5.97. The Labute approximate surface area is 80.1 Å². The van der Waals surface area contributed by atoms with Gasteiger partial charge in [0.05, 0.1) is 5.75 Å². The first-order valence-electron chi connectivity index (χ1n) is 4.66. The molecule has 0 saturated heterocycles. The van der Waals surface area contributed by atoms with E-state index in [0.717, 1.165) is 31.3 Å². The fourth-order valence-corrected chi connectivity index (χ4v) is 2.42. The molecule has 0 heterocycles. The molecular weight excluding hydrogens is 186 g/mol. The lowest BCUT2D eigenvalue weighted by Gasteiger charge is -2.06. The van der Waals surface area contributed by atoms with Crippen molar-refractivity contribution in [2.45, 2.75) is 32.6 Å². The van der Waals surface area contributed by atoms with Crippen LogP contribution < -0.4 is 5.14 Å². The van der Waals surface area contributed by atoms with Crippen molar-refractivity contribution < 1.29 is 8.42 Å². The van der Waals surface area contributed by atoms with Gasteiger partial charge in [-0.15, -0.1) is 0 Å². The fourth-order valence-electron chi connectivity index (χ4n) is 1.64. The van der Waals surface area contributed by atoms with E-state index in [9.17, 15) is 8.42 Å². The number of hydrogen-bond donors (Lipinski definition) is 1. The van der Waals surface area contributed by atoms with E-state index in [1.807, 2.05) is 6.08 Å². The largest absolute Gasteiger partial charge is 0.228 e. The van der Waals surface area contributed by atoms with Crippen LogP contribution in [-0.4, -0.2) is 14.2 Å². The smallest absolute Gasteiger partial charge is 0.212 e. The van der Waals surface area contributed by atoms with Crippen molar-refractivity contribution >= 4 is 10.0 Å². The van der Waals surface area contributed by atoms with Crippen LogP contribution in [0.3, 0.4) is 0 Å². The zero-order valence-electron chi connectivity index (χ0n) is 7.99. The molecule has 0 aliphatic heterocycles. The van der Waals surface area contributed by atoms with Crippen molar-refractivity contribution in [3.63, 3.8) is 0 Å². The highest BCUT2D eigenvalue weighted by atomic mass is 32.2. The van der Waals surface area contributed by atoms with Gasteiger partial charge in [-0.3, -0.25) is 0 Å². The molecule has 1 atom stereocenters. The lowest BCUT2D eigenvalue weighted by atomic mass is 10.0. The molecule has 0 spiro atoms. The molecule has 0 amide bonds. The Balaban J connectivity index is 2.56. The van der Waals surface area contributed by atoms with Crippen LogP contribution >= 0.6 is 0 Å². The van der Waals surface area contributed by atoms with E-state index in [1.54, 1.807) is 0 Å². The molecule has 1 aliphatic carbocycles. The predicted octanol–water partition coefficient (Wildman–Crippen LogP) is 1.41. The van der Waals surface area contributed by atoms with Crippen LogP contribution in [0, 0.1) is 5.92 Å². The van der Waals surface area contributed by atoms with E-state index >= 15 is 0 Å². The number of rotatable bonds is 2. The monoisotopic (exact) mass is 203 g/mol. The predicted molar refractivity (Wildman–Crippen MR) is 53.7 cm³/mol. The molecule has 1 unspecified atom stereocenters. The van der Waals surface area contributed by atoms with Crippen LogP contribution in [0.15, 0.2) is 11.6 Å². The van der Waals surface area contributed by atoms with Gasteiger partial charge in [0.25, 0.3) is 0 Å². The maximum Gasteiger partial charge on any atom is 0.212 e. The van der Waals surface area contributed by atoms with Gasteiger partial charge in [0.2, 0.25) is 10.0 Å². The summed E-state index contributed by atoms with van der Waals surface area (Å²) in [4.78, 5) is 0. The van der Waals surface area contributed by atoms with Crippen LogP contribution in [0.5, 0.6) is 0 Å². The van der Waals surface area contributed by atoms with Crippen LogP contribution in [0.4, 0.5) is 0 Å². The third kappa shape index (κ3) is 4.43. The molecule has 0 saturated carbocycles. The third-order valence-electron chi connectivity index (χ3n) is 2.44. The van der Waals surface area contributed by atoms with Crippen molar-refractivity contribution in [3.05, 3.63) is 11.6 Å². The Hall–Kier alpha value is -0.350. The van der Waals surface area contributed by atoms with Crippen molar-refractivity contribution in [1.29, 1.82) is 0 Å². The molecule has 1 aliphatic rings. The normalized spacial score (nSPS) is 25.1. The van der Waals surface area contributed by atoms with Gasteiger partial charge >= 0.3 is 0 Å². The molecule has 1 rings (SSSR count). The summed E-state index contributed by atoms with van der Waals surface area (Å²) in [5.41, 5.74) is 0.992. The Morgan fingerprint density at radius 2 is 2.23 bits per heavy atom. The zero-order valence-corrected chi connectivity index (χ0v) is 8.81. The number of sulfonamides is 1. The fraction of sp³-hybridized carbons (Fsp3) is 0.778. The first-order valence-corrected chi connectivity index (χ1v) is 6.37. The Morgan fingerprint density at radius 3 is 2.85 bits per heavy atom. The van der Waals surface area contributed by atoms with Gasteiger partial charge < -0.3 is 0 Å². The summed E-state index contributed by atoms with van der Waals surface area (Å²) in [6.45, 7) is 2.20. The average Bonchev–Trinajstić information content (AvgIpc) is 2.12. The molecule has 76 valence electrons. The molecule has 2 N–H and O–H groups in total. The van der Waals surface area contributed by atoms with Gasteiger partial charge in [-0.25, -0.2) is 13.6 Å². The molecule has 0 fully saturated rings. The lowest BCUT2D eigenvalue weighted by Crippen LogP contribution is -2.17. The summed E-state index contributed by atoms with van der Waals surface area (Å²) in [7, 11) is -3.33. The Bertz CT molecular complexity index is 293. The van der Waals surface area contributed by atoms with E-state index in [-0.39, 0.29) is 5.75 Å². The van der Waals surface area contributed by atoms with E-state index in [2.05, 4.69) is 6.92 Å². The van der Waals surface area contributed by atoms with Gasteiger partial charge in [0, 0.05) is 0 Å². The Kier molecular flexibility index (Phi) is 3.50. The summed E-state index contributed by atoms with van der Waals surface area (Å²) in [5.74, 6) is 0.744. The second kappa shape index (κ2) is 4.24. The molecule has 13 heavy (non-hydrogen) atoms. The highest BCUT2D eigenvalue weighted by Crippen LogP contribution is 2.22. The quantitative estimate of drug-likeness (QED) is 0.690. The van der Waals surface area contributed by atoms with Crippen molar-refractivity contribution in [2.24, 2.45) is 11.1 Å². The molecule has 4 heteroatoms. The van der Waals surface area contributed by atoms with Gasteiger partial charge in [-0.1, -0.05) is 18.6 Å². The highest BCUT2D eigenvalue weighted by Gasteiger charge is 2.12. The van der Waals surface area contributed by atoms with Crippen molar-refractivity contribution in [1.82, 2.24) is 0 Å². The number of nitrogens with two attached hydrogens (primary N) is 1. The topological polar surface area (TPSA) is 60.2 Å². The average molecular weight is 203 g/mol. The molecule has 3 nitrogen and oxygen atoms in total. The van der Waals surface area contributed by atoms with Crippen LogP contribution in [0.1, 0.15) is 32.6 Å². The SMILES string of the molecule is CC1CCC=C(CS(N)(=O)=O)CC1. The molecule has 0 aromatic rings. The second-order valence-corrected chi connectivity index (χ2v) is 5.51. The molecule has 0 aromatic heterocycles. The van der Waals surface area contributed by atoms with Crippen LogP contribution in [0.2, 0.25) is 0 Å². The van der Waals surface area contributed by atoms with E-state index in [4.69, 9.17) is 5.14 Å². The highest BCUT2D eigenvalue weighted by molar-refractivity contribution is 7.89. The summed E-state index contributed by atoms with van der Waals surface area (Å²) in [6, 6.07) is 0. The first kappa shape index (κ1) is 10.7. The molecule has 0 radical (unpaired) electrons. The van der Waals surface area contributed by atoms with Gasteiger partial charge in [-0.2, -0.15) is 0 Å². The molecule has 0 bridgehead atoms. The minimum absolute atomic E-state index is 0.0414. The minimum Gasteiger partial charge on any atom is -0.228 e. The summed E-state index contributed by atoms with van der Waals surface area (Å²) in [5, 5.41) is 4.98. The van der Waals surface area contributed by atoms with E-state index < -0.39 is 10.0 Å². The Morgan fingerprint density at radius 1 is 1.54 bits per heavy atom.